The average molecular weight is 374 g/mol. The number of rotatable bonds is 4. The van der Waals surface area contributed by atoms with E-state index in [2.05, 4.69) is 63.2 Å². The van der Waals surface area contributed by atoms with Crippen LogP contribution in [0.1, 0.15) is 16.8 Å². The first kappa shape index (κ1) is 18.2. The fraction of sp³-hybridized carbons (Fsp3) is 0.318. The number of benzene rings is 1. The minimum Gasteiger partial charge on any atom is -0.353 e. The molecule has 0 aliphatic carbocycles. The summed E-state index contributed by atoms with van der Waals surface area (Å²) >= 11 is 0. The van der Waals surface area contributed by atoms with Crippen LogP contribution < -0.4 is 15.1 Å². The Labute approximate surface area is 166 Å². The number of nitrogens with zero attached hydrogens (tertiary/aromatic N) is 5. The number of hydrogen-bond acceptors (Lipinski definition) is 6. The van der Waals surface area contributed by atoms with Crippen molar-refractivity contribution in [3.8, 4) is 0 Å². The second-order valence-corrected chi connectivity index (χ2v) is 7.28. The minimum atomic E-state index is 0.784. The summed E-state index contributed by atoms with van der Waals surface area (Å²) in [4.78, 5) is 18.4. The van der Waals surface area contributed by atoms with Crippen LogP contribution in [0.4, 0.5) is 23.3 Å². The van der Waals surface area contributed by atoms with Crippen molar-refractivity contribution in [2.24, 2.45) is 0 Å². The maximum absolute atomic E-state index is 4.77. The van der Waals surface area contributed by atoms with Crippen LogP contribution in [0.3, 0.4) is 0 Å². The largest absolute Gasteiger partial charge is 0.353 e. The summed E-state index contributed by atoms with van der Waals surface area (Å²) in [5.41, 5.74) is 4.56. The van der Waals surface area contributed by atoms with Gasteiger partial charge in [0.2, 0.25) is 5.95 Å². The molecule has 2 aromatic heterocycles. The Hall–Kier alpha value is -3.15. The molecule has 144 valence electrons. The zero-order valence-corrected chi connectivity index (χ0v) is 16.7. The van der Waals surface area contributed by atoms with Crippen LogP contribution in [0.25, 0.3) is 0 Å². The van der Waals surface area contributed by atoms with Crippen LogP contribution in [0.2, 0.25) is 0 Å². The van der Waals surface area contributed by atoms with Crippen LogP contribution in [0.5, 0.6) is 0 Å². The third kappa shape index (κ3) is 4.06. The van der Waals surface area contributed by atoms with Crippen molar-refractivity contribution in [1.82, 2.24) is 15.0 Å². The second kappa shape index (κ2) is 7.84. The molecule has 6 heteroatoms. The molecular weight excluding hydrogens is 348 g/mol. The highest BCUT2D eigenvalue weighted by atomic mass is 15.3. The van der Waals surface area contributed by atoms with E-state index in [0.29, 0.717) is 0 Å². The molecule has 0 unspecified atom stereocenters. The van der Waals surface area contributed by atoms with E-state index in [-0.39, 0.29) is 0 Å². The van der Waals surface area contributed by atoms with E-state index in [1.807, 2.05) is 31.3 Å². The first-order valence-corrected chi connectivity index (χ1v) is 9.69. The fourth-order valence-electron chi connectivity index (χ4n) is 3.40. The maximum atomic E-state index is 4.77. The molecule has 0 amide bonds. The Morgan fingerprint density at radius 1 is 0.821 bits per heavy atom. The molecule has 1 N–H and O–H groups in total. The van der Waals surface area contributed by atoms with E-state index in [1.165, 1.54) is 11.1 Å². The van der Waals surface area contributed by atoms with Crippen LogP contribution in [0.15, 0.2) is 48.7 Å². The van der Waals surface area contributed by atoms with Gasteiger partial charge in [-0.05, 0) is 56.2 Å². The average Bonchev–Trinajstić information content (AvgIpc) is 2.71. The molecule has 1 aliphatic heterocycles. The molecule has 0 saturated carbocycles. The third-order valence-electron chi connectivity index (χ3n) is 5.16. The summed E-state index contributed by atoms with van der Waals surface area (Å²) in [7, 11) is 0. The molecule has 4 rings (SSSR count). The van der Waals surface area contributed by atoms with Crippen LogP contribution in [0, 0.1) is 20.8 Å². The number of hydrogen-bond donors (Lipinski definition) is 1. The number of pyridine rings is 1. The van der Waals surface area contributed by atoms with Crippen molar-refractivity contribution >= 4 is 23.3 Å². The molecule has 6 nitrogen and oxygen atoms in total. The lowest BCUT2D eigenvalue weighted by atomic mass is 10.1. The Morgan fingerprint density at radius 2 is 1.61 bits per heavy atom. The van der Waals surface area contributed by atoms with E-state index in [1.54, 1.807) is 0 Å². The number of aromatic nitrogens is 3. The fourth-order valence-corrected chi connectivity index (χ4v) is 3.40. The van der Waals surface area contributed by atoms with Gasteiger partial charge < -0.3 is 15.1 Å². The lowest BCUT2D eigenvalue weighted by molar-refractivity contribution is 0.634. The van der Waals surface area contributed by atoms with Gasteiger partial charge in [0.05, 0.1) is 0 Å². The van der Waals surface area contributed by atoms with Gasteiger partial charge in [0.25, 0.3) is 0 Å². The van der Waals surface area contributed by atoms with Gasteiger partial charge in [-0.1, -0.05) is 12.1 Å². The van der Waals surface area contributed by atoms with Crippen molar-refractivity contribution in [3.05, 3.63) is 65.5 Å². The van der Waals surface area contributed by atoms with Gasteiger partial charge in [-0.25, -0.2) is 9.97 Å². The first-order valence-electron chi connectivity index (χ1n) is 9.69. The van der Waals surface area contributed by atoms with Gasteiger partial charge in [0, 0.05) is 49.8 Å². The molecule has 0 spiro atoms. The molecule has 0 radical (unpaired) electrons. The highest BCUT2D eigenvalue weighted by molar-refractivity contribution is 5.59. The van der Waals surface area contributed by atoms with Crippen LogP contribution >= 0.6 is 0 Å². The molecule has 1 fully saturated rings. The summed E-state index contributed by atoms with van der Waals surface area (Å²) in [5.74, 6) is 2.65. The monoisotopic (exact) mass is 374 g/mol. The molecule has 28 heavy (non-hydrogen) atoms. The van der Waals surface area contributed by atoms with Gasteiger partial charge in [-0.15, -0.1) is 0 Å². The summed E-state index contributed by atoms with van der Waals surface area (Å²) in [6.45, 7) is 9.84. The van der Waals surface area contributed by atoms with Crippen LogP contribution in [-0.4, -0.2) is 41.1 Å². The van der Waals surface area contributed by atoms with Gasteiger partial charge >= 0.3 is 0 Å². The van der Waals surface area contributed by atoms with Gasteiger partial charge in [0.1, 0.15) is 11.6 Å². The third-order valence-corrected chi connectivity index (χ3v) is 5.16. The van der Waals surface area contributed by atoms with Crippen molar-refractivity contribution in [3.63, 3.8) is 0 Å². The highest BCUT2D eigenvalue weighted by Gasteiger charge is 2.20. The van der Waals surface area contributed by atoms with Crippen molar-refractivity contribution in [1.29, 1.82) is 0 Å². The van der Waals surface area contributed by atoms with Crippen LogP contribution in [-0.2, 0) is 0 Å². The van der Waals surface area contributed by atoms with E-state index < -0.39 is 0 Å². The first-order chi connectivity index (χ1) is 13.6. The van der Waals surface area contributed by atoms with Gasteiger partial charge in [-0.2, -0.15) is 4.98 Å². The summed E-state index contributed by atoms with van der Waals surface area (Å²) < 4.78 is 0. The zero-order valence-electron chi connectivity index (χ0n) is 16.7. The highest BCUT2D eigenvalue weighted by Crippen LogP contribution is 2.22. The van der Waals surface area contributed by atoms with E-state index in [0.717, 1.165) is 55.1 Å². The Morgan fingerprint density at radius 3 is 2.32 bits per heavy atom. The lowest BCUT2D eigenvalue weighted by Gasteiger charge is -2.35. The van der Waals surface area contributed by atoms with Crippen molar-refractivity contribution in [2.45, 2.75) is 20.8 Å². The predicted octanol–water partition coefficient (Wildman–Crippen LogP) is 3.87. The lowest BCUT2D eigenvalue weighted by Crippen LogP contribution is -2.47. The minimum absolute atomic E-state index is 0.784. The quantitative estimate of drug-likeness (QED) is 0.748. The summed E-state index contributed by atoms with van der Waals surface area (Å²) in [6, 6.07) is 14.4. The molecule has 1 aliphatic rings. The normalized spacial score (nSPS) is 14.2. The number of piperazine rings is 1. The van der Waals surface area contributed by atoms with Crippen molar-refractivity contribution in [2.75, 3.05) is 41.3 Å². The SMILES string of the molecule is Cc1cc(Nc2ccc(C)c(C)c2)nc(N2CCN(c3ccccn3)CC2)n1. The number of aryl methyl sites for hydroxylation is 3. The van der Waals surface area contributed by atoms with Crippen molar-refractivity contribution < 1.29 is 0 Å². The smallest absolute Gasteiger partial charge is 0.227 e. The standard InChI is InChI=1S/C22H26N6/c1-16-7-8-19(14-17(16)2)25-20-15-18(3)24-22(26-20)28-12-10-27(11-13-28)21-6-4-5-9-23-21/h4-9,14-15H,10-13H2,1-3H3,(H,24,25,26). The Balaban J connectivity index is 1.47. The van der Waals surface area contributed by atoms with E-state index in [4.69, 9.17) is 4.98 Å². The van der Waals surface area contributed by atoms with E-state index >= 15 is 0 Å². The van der Waals surface area contributed by atoms with E-state index in [9.17, 15) is 0 Å². The maximum Gasteiger partial charge on any atom is 0.227 e. The van der Waals surface area contributed by atoms with Gasteiger partial charge in [-0.3, -0.25) is 0 Å². The molecule has 3 heterocycles. The summed E-state index contributed by atoms with van der Waals surface area (Å²) in [5, 5.41) is 3.43. The molecule has 1 saturated heterocycles. The molecule has 0 atom stereocenters. The second-order valence-electron chi connectivity index (χ2n) is 7.28. The van der Waals surface area contributed by atoms with Gasteiger partial charge in [0.15, 0.2) is 0 Å². The molecule has 1 aromatic carbocycles. The zero-order chi connectivity index (χ0) is 19.5. The Kier molecular flexibility index (Phi) is 5.10. The number of nitrogens with one attached hydrogen (secondary N) is 1. The predicted molar refractivity (Wildman–Crippen MR) is 115 cm³/mol. The molecular formula is C22H26N6. The Bertz CT molecular complexity index is 948. The summed E-state index contributed by atoms with van der Waals surface area (Å²) in [6.07, 6.45) is 1.84. The molecule has 0 bridgehead atoms. The topological polar surface area (TPSA) is 57.2 Å². The molecule has 3 aromatic rings. The number of anilines is 4.